The quantitative estimate of drug-likeness (QED) is 0.675. The Balaban J connectivity index is 1.56. The van der Waals surface area contributed by atoms with Gasteiger partial charge in [-0.05, 0) is 64.9 Å². The first-order chi connectivity index (χ1) is 12.0. The molecule has 0 aliphatic carbocycles. The number of thioether (sulfide) groups is 1. The summed E-state index contributed by atoms with van der Waals surface area (Å²) < 4.78 is 14.0. The van der Waals surface area contributed by atoms with Gasteiger partial charge in [-0.3, -0.25) is 9.59 Å². The van der Waals surface area contributed by atoms with E-state index >= 15 is 0 Å². The lowest BCUT2D eigenvalue weighted by atomic mass is 10.1. The number of carbonyl (C=O) groups is 2. The number of carbonyl (C=O) groups excluding carboxylic acids is 2. The Morgan fingerprint density at radius 2 is 2.04 bits per heavy atom. The van der Waals surface area contributed by atoms with Crippen LogP contribution in [0.3, 0.4) is 0 Å². The molecule has 3 rings (SSSR count). The molecule has 4 nitrogen and oxygen atoms in total. The summed E-state index contributed by atoms with van der Waals surface area (Å²) >= 11 is 3.63. The first-order valence-corrected chi connectivity index (χ1v) is 9.87. The largest absolute Gasteiger partial charge is 0.343 e. The summed E-state index contributed by atoms with van der Waals surface area (Å²) in [4.78, 5) is 24.6. The summed E-state index contributed by atoms with van der Waals surface area (Å²) in [6.07, 6.45) is 0.516. The number of rotatable bonds is 4. The number of benzene rings is 2. The van der Waals surface area contributed by atoms with Gasteiger partial charge < -0.3 is 10.6 Å². The highest BCUT2D eigenvalue weighted by Gasteiger charge is 2.32. The predicted molar refractivity (Wildman–Crippen MR) is 106 cm³/mol. The van der Waals surface area contributed by atoms with Crippen molar-refractivity contribution in [1.82, 2.24) is 5.32 Å². The van der Waals surface area contributed by atoms with Gasteiger partial charge in [-0.1, -0.05) is 18.2 Å². The third kappa shape index (κ3) is 4.94. The minimum Gasteiger partial charge on any atom is -0.343 e. The molecule has 7 heteroatoms. The molecule has 2 N–H and O–H groups in total. The van der Waals surface area contributed by atoms with Gasteiger partial charge in [0.2, 0.25) is 11.8 Å². The average molecular weight is 470 g/mol. The second kappa shape index (κ2) is 8.18. The van der Waals surface area contributed by atoms with Crippen molar-refractivity contribution in [3.05, 3.63) is 63.5 Å². The maximum absolute atomic E-state index is 13.0. The maximum atomic E-state index is 13.0. The summed E-state index contributed by atoms with van der Waals surface area (Å²) in [6, 6.07) is 13.1. The molecule has 2 unspecified atom stereocenters. The van der Waals surface area contributed by atoms with Crippen LogP contribution < -0.4 is 10.6 Å². The van der Waals surface area contributed by atoms with E-state index in [0.29, 0.717) is 17.9 Å². The highest BCUT2D eigenvalue weighted by molar-refractivity contribution is 14.1. The Hall–Kier alpha value is -1.61. The van der Waals surface area contributed by atoms with Crippen LogP contribution in [0.4, 0.5) is 10.1 Å². The summed E-state index contributed by atoms with van der Waals surface area (Å²) in [5.41, 5.74) is 1.61. The van der Waals surface area contributed by atoms with Gasteiger partial charge in [-0.15, -0.1) is 11.8 Å². The fourth-order valence-corrected chi connectivity index (χ4v) is 4.25. The minimum atomic E-state index is -0.556. The van der Waals surface area contributed by atoms with Gasteiger partial charge in [0.1, 0.15) is 11.9 Å². The van der Waals surface area contributed by atoms with Crippen LogP contribution in [0.15, 0.2) is 48.5 Å². The van der Waals surface area contributed by atoms with Crippen LogP contribution in [0.5, 0.6) is 0 Å². The SMILES string of the molecule is O=C(Nc1cccc(I)c1)C1CSC(Cc2ccc(F)cc2)C(=O)N1. The smallest absolute Gasteiger partial charge is 0.247 e. The van der Waals surface area contributed by atoms with Crippen molar-refractivity contribution in [2.45, 2.75) is 17.7 Å². The number of amides is 2. The number of halogens is 2. The first kappa shape index (κ1) is 18.2. The van der Waals surface area contributed by atoms with E-state index < -0.39 is 6.04 Å². The molecule has 0 saturated carbocycles. The van der Waals surface area contributed by atoms with Crippen LogP contribution in [0.25, 0.3) is 0 Å². The molecule has 130 valence electrons. The molecule has 1 fully saturated rings. The van der Waals surface area contributed by atoms with Crippen molar-refractivity contribution in [2.24, 2.45) is 0 Å². The van der Waals surface area contributed by atoms with Crippen LogP contribution in [-0.2, 0) is 16.0 Å². The lowest BCUT2D eigenvalue weighted by Gasteiger charge is -2.28. The number of hydrogen-bond acceptors (Lipinski definition) is 3. The van der Waals surface area contributed by atoms with Gasteiger partial charge in [-0.25, -0.2) is 4.39 Å². The minimum absolute atomic E-state index is 0.164. The van der Waals surface area contributed by atoms with E-state index in [9.17, 15) is 14.0 Å². The molecule has 0 bridgehead atoms. The fraction of sp³-hybridized carbons (Fsp3) is 0.222. The van der Waals surface area contributed by atoms with Gasteiger partial charge in [0.25, 0.3) is 0 Å². The van der Waals surface area contributed by atoms with Gasteiger partial charge >= 0.3 is 0 Å². The Labute approximate surface area is 163 Å². The van der Waals surface area contributed by atoms with Crippen molar-refractivity contribution in [3.8, 4) is 0 Å². The molecule has 25 heavy (non-hydrogen) atoms. The molecule has 0 spiro atoms. The zero-order chi connectivity index (χ0) is 17.8. The van der Waals surface area contributed by atoms with E-state index in [1.165, 1.54) is 23.9 Å². The molecule has 1 aliphatic heterocycles. The zero-order valence-corrected chi connectivity index (χ0v) is 16.1. The van der Waals surface area contributed by atoms with Crippen molar-refractivity contribution in [2.75, 3.05) is 11.1 Å². The van der Waals surface area contributed by atoms with Gasteiger partial charge in [0, 0.05) is 15.0 Å². The number of hydrogen-bond donors (Lipinski definition) is 2. The monoisotopic (exact) mass is 470 g/mol. The molecule has 0 aromatic heterocycles. The Morgan fingerprint density at radius 3 is 2.72 bits per heavy atom. The summed E-state index contributed by atoms with van der Waals surface area (Å²) in [5.74, 6) is -0.170. The lowest BCUT2D eigenvalue weighted by Crippen LogP contribution is -2.52. The third-order valence-corrected chi connectivity index (χ3v) is 5.80. The first-order valence-electron chi connectivity index (χ1n) is 7.74. The number of nitrogens with one attached hydrogen (secondary N) is 2. The second-order valence-electron chi connectivity index (χ2n) is 5.71. The second-order valence-corrected chi connectivity index (χ2v) is 8.19. The predicted octanol–water partition coefficient (Wildman–Crippen LogP) is 3.21. The number of anilines is 1. The van der Waals surface area contributed by atoms with E-state index in [1.807, 2.05) is 24.3 Å². The summed E-state index contributed by atoms with van der Waals surface area (Å²) in [7, 11) is 0. The van der Waals surface area contributed by atoms with E-state index in [-0.39, 0.29) is 22.9 Å². The van der Waals surface area contributed by atoms with Crippen LogP contribution in [0, 0.1) is 9.39 Å². The standard InChI is InChI=1S/C18H16FIN2O2S/c19-12-6-4-11(5-7-12)8-16-18(24)22-15(10-25-16)17(23)21-14-3-1-2-13(20)9-14/h1-7,9,15-16H,8,10H2,(H,21,23)(H,22,24). The van der Waals surface area contributed by atoms with Crippen molar-refractivity contribution < 1.29 is 14.0 Å². The molecule has 0 radical (unpaired) electrons. The molecule has 2 aromatic carbocycles. The Bertz CT molecular complexity index is 785. The van der Waals surface area contributed by atoms with Crippen LogP contribution >= 0.6 is 34.4 Å². The van der Waals surface area contributed by atoms with Crippen LogP contribution in [-0.4, -0.2) is 28.9 Å². The molecule has 1 aliphatic rings. The zero-order valence-electron chi connectivity index (χ0n) is 13.2. The molecule has 1 heterocycles. The van der Waals surface area contributed by atoms with Gasteiger partial charge in [-0.2, -0.15) is 0 Å². The molecular formula is C18H16FIN2O2S. The third-order valence-electron chi connectivity index (χ3n) is 3.82. The Kier molecular flexibility index (Phi) is 5.95. The molecular weight excluding hydrogens is 454 g/mol. The van der Waals surface area contributed by atoms with E-state index in [2.05, 4.69) is 33.2 Å². The molecule has 1 saturated heterocycles. The maximum Gasteiger partial charge on any atom is 0.247 e. The normalized spacial score (nSPS) is 20.0. The van der Waals surface area contributed by atoms with Crippen LogP contribution in [0.2, 0.25) is 0 Å². The summed E-state index contributed by atoms with van der Waals surface area (Å²) in [6.45, 7) is 0. The van der Waals surface area contributed by atoms with E-state index in [1.54, 1.807) is 12.1 Å². The summed E-state index contributed by atoms with van der Waals surface area (Å²) in [5, 5.41) is 5.34. The van der Waals surface area contributed by atoms with Crippen LogP contribution in [0.1, 0.15) is 5.56 Å². The van der Waals surface area contributed by atoms with Crippen molar-refractivity contribution >= 4 is 51.9 Å². The van der Waals surface area contributed by atoms with Gasteiger partial charge in [0.15, 0.2) is 0 Å². The van der Waals surface area contributed by atoms with E-state index in [4.69, 9.17) is 0 Å². The average Bonchev–Trinajstić information content (AvgIpc) is 2.58. The van der Waals surface area contributed by atoms with Gasteiger partial charge in [0.05, 0.1) is 5.25 Å². The van der Waals surface area contributed by atoms with Crippen molar-refractivity contribution in [3.63, 3.8) is 0 Å². The highest BCUT2D eigenvalue weighted by Crippen LogP contribution is 2.23. The topological polar surface area (TPSA) is 58.2 Å². The fourth-order valence-electron chi connectivity index (χ4n) is 2.52. The molecule has 2 aromatic rings. The lowest BCUT2D eigenvalue weighted by molar-refractivity contribution is -0.126. The molecule has 2 amide bonds. The van der Waals surface area contributed by atoms with E-state index in [0.717, 1.165) is 9.13 Å². The van der Waals surface area contributed by atoms with Crippen molar-refractivity contribution in [1.29, 1.82) is 0 Å². The highest BCUT2D eigenvalue weighted by atomic mass is 127. The Morgan fingerprint density at radius 1 is 1.28 bits per heavy atom. The molecule has 2 atom stereocenters.